The van der Waals surface area contributed by atoms with Crippen molar-refractivity contribution in [3.8, 4) is 0 Å². The third-order valence-corrected chi connectivity index (χ3v) is 2.91. The van der Waals surface area contributed by atoms with Crippen LogP contribution in [-0.4, -0.2) is 15.7 Å². The van der Waals surface area contributed by atoms with Crippen LogP contribution in [0.15, 0.2) is 16.6 Å². The maximum absolute atomic E-state index is 12.8. The first kappa shape index (κ1) is 9.37. The van der Waals surface area contributed by atoms with Crippen LogP contribution in [0.4, 0.5) is 4.39 Å². The monoisotopic (exact) mass is 298 g/mol. The van der Waals surface area contributed by atoms with Crippen LogP contribution in [0.5, 0.6) is 0 Å². The minimum atomic E-state index is -1.14. The van der Waals surface area contributed by atoms with Gasteiger partial charge in [0.1, 0.15) is 0 Å². The Morgan fingerprint density at radius 3 is 2.64 bits per heavy atom. The van der Waals surface area contributed by atoms with Crippen molar-refractivity contribution >= 4 is 47.6 Å². The molecule has 1 aromatic rings. The summed E-state index contributed by atoms with van der Waals surface area (Å²) < 4.78 is 24.0. The van der Waals surface area contributed by atoms with E-state index in [1.165, 1.54) is 12.1 Å². The summed E-state index contributed by atoms with van der Waals surface area (Å²) >= 11 is 7.28. The summed E-state index contributed by atoms with van der Waals surface area (Å²) in [7, 11) is 0. The summed E-state index contributed by atoms with van der Waals surface area (Å²) in [4.78, 5) is 0. The molecule has 0 saturated heterocycles. The van der Waals surface area contributed by atoms with E-state index >= 15 is 0 Å². The van der Waals surface area contributed by atoms with E-state index in [0.29, 0.717) is 4.35 Å². The van der Waals surface area contributed by atoms with E-state index in [2.05, 4.69) is 15.9 Å². The fourth-order valence-corrected chi connectivity index (χ4v) is 2.70. The molecule has 1 rings (SSSR count). The van der Waals surface area contributed by atoms with Crippen LogP contribution in [0.1, 0.15) is 0 Å². The first-order valence-electron chi connectivity index (χ1n) is 2.63. The van der Waals surface area contributed by atoms with Crippen LogP contribution >= 0.6 is 27.5 Å². The molecule has 1 aromatic carbocycles. The van der Waals surface area contributed by atoms with Crippen LogP contribution in [0.25, 0.3) is 0 Å². The first-order chi connectivity index (χ1) is 5.15. The van der Waals surface area contributed by atoms with Gasteiger partial charge < -0.3 is 0 Å². The number of hydrogen-bond acceptors (Lipinski definition) is 1. The van der Waals surface area contributed by atoms with Gasteiger partial charge in [-0.25, -0.2) is 0 Å². The summed E-state index contributed by atoms with van der Waals surface area (Å²) in [5, 5.41) is 0.000498. The molecule has 0 aliphatic heterocycles. The average Bonchev–Trinajstić information content (AvgIpc) is 1.99. The zero-order chi connectivity index (χ0) is 8.43. The third-order valence-electron chi connectivity index (χ3n) is 1.07. The van der Waals surface area contributed by atoms with Gasteiger partial charge in [0.05, 0.1) is 0 Å². The maximum atomic E-state index is 12.8. The predicted octanol–water partition coefficient (Wildman–Crippen LogP) is 1.92. The number of halogens is 3. The van der Waals surface area contributed by atoms with E-state index < -0.39 is 21.5 Å². The molecule has 11 heavy (non-hydrogen) atoms. The van der Waals surface area contributed by atoms with E-state index in [4.69, 9.17) is 11.6 Å². The van der Waals surface area contributed by atoms with Crippen LogP contribution in [-0.2, 0) is 3.74 Å². The van der Waals surface area contributed by atoms with E-state index in [9.17, 15) is 8.13 Å². The molecule has 0 fully saturated rings. The zero-order valence-corrected chi connectivity index (χ0v) is 9.36. The Morgan fingerprint density at radius 1 is 1.55 bits per heavy atom. The van der Waals surface area contributed by atoms with E-state index in [0.717, 1.165) is 0 Å². The quantitative estimate of drug-likeness (QED) is 0.572. The van der Waals surface area contributed by atoms with Crippen molar-refractivity contribution in [2.75, 3.05) is 0 Å². The van der Waals surface area contributed by atoms with Gasteiger partial charge in [0, 0.05) is 0 Å². The van der Waals surface area contributed by atoms with E-state index in [1.807, 2.05) is 0 Å². The van der Waals surface area contributed by atoms with Crippen molar-refractivity contribution in [3.63, 3.8) is 0 Å². The summed E-state index contributed by atoms with van der Waals surface area (Å²) in [6.45, 7) is 0. The van der Waals surface area contributed by atoms with Gasteiger partial charge in [-0.1, -0.05) is 0 Å². The van der Waals surface area contributed by atoms with E-state index in [1.54, 1.807) is 0 Å². The second-order valence-corrected chi connectivity index (χ2v) is 4.54. The van der Waals surface area contributed by atoms with Gasteiger partial charge in [-0.05, 0) is 0 Å². The molecule has 0 aromatic heterocycles. The van der Waals surface area contributed by atoms with Crippen molar-refractivity contribution in [1.29, 1.82) is 0 Å². The van der Waals surface area contributed by atoms with Gasteiger partial charge in [-0.2, -0.15) is 0 Å². The fraction of sp³-hybridized carbons (Fsp3) is 0. The molecule has 0 saturated carbocycles. The Balaban J connectivity index is 3.31. The molecule has 0 amide bonds. The molecule has 5 heteroatoms. The molecule has 58 valence electrons. The molecule has 0 atom stereocenters. The van der Waals surface area contributed by atoms with E-state index in [-0.39, 0.29) is 9.50 Å². The molecular formula is C6H2AsBrClFO. The van der Waals surface area contributed by atoms with Crippen LogP contribution in [0.2, 0.25) is 5.02 Å². The van der Waals surface area contributed by atoms with Gasteiger partial charge >= 0.3 is 83.1 Å². The normalized spacial score (nSPS) is 10.5. The molecule has 0 aliphatic carbocycles. The molecule has 0 radical (unpaired) electrons. The van der Waals surface area contributed by atoms with Gasteiger partial charge in [0.25, 0.3) is 0 Å². The van der Waals surface area contributed by atoms with Crippen LogP contribution < -0.4 is 4.35 Å². The molecule has 0 aliphatic rings. The SMILES string of the molecule is O=[As]c1cc(Cl)c(F)c(Br)c1. The molecule has 0 bridgehead atoms. The summed E-state index contributed by atoms with van der Waals surface area (Å²) in [6.07, 6.45) is 0. The molecular weight excluding hydrogens is 297 g/mol. The standard InChI is InChI=1S/C6H2AsBrClFO/c8-4-1-3(7-11)2-5(9)6(4)10/h1-2H. The minimum absolute atomic E-state index is 0.000498. The molecule has 1 nitrogen and oxygen atoms in total. The summed E-state index contributed by atoms with van der Waals surface area (Å²) in [6, 6.07) is 2.84. The van der Waals surface area contributed by atoms with Gasteiger partial charge in [0.15, 0.2) is 0 Å². The van der Waals surface area contributed by atoms with Gasteiger partial charge in [-0.3, -0.25) is 0 Å². The first-order valence-corrected chi connectivity index (χ1v) is 5.50. The van der Waals surface area contributed by atoms with Crippen molar-refractivity contribution < 1.29 is 8.13 Å². The molecule has 0 spiro atoms. The Bertz CT molecular complexity index is 282. The number of rotatable bonds is 1. The van der Waals surface area contributed by atoms with Crippen molar-refractivity contribution in [2.24, 2.45) is 0 Å². The second-order valence-electron chi connectivity index (χ2n) is 1.81. The van der Waals surface area contributed by atoms with Gasteiger partial charge in [0.2, 0.25) is 0 Å². The third kappa shape index (κ3) is 2.11. The number of benzene rings is 1. The topological polar surface area (TPSA) is 17.1 Å². The molecule has 0 heterocycles. The Labute approximate surface area is 83.0 Å². The molecule has 0 unspecified atom stereocenters. The Kier molecular flexibility index (Phi) is 3.23. The van der Waals surface area contributed by atoms with Gasteiger partial charge in [-0.15, -0.1) is 0 Å². The summed E-state index contributed by atoms with van der Waals surface area (Å²) in [5.41, 5.74) is 0. The Morgan fingerprint density at radius 2 is 2.18 bits per heavy atom. The van der Waals surface area contributed by atoms with Crippen molar-refractivity contribution in [3.05, 3.63) is 27.4 Å². The van der Waals surface area contributed by atoms with Crippen molar-refractivity contribution in [1.82, 2.24) is 0 Å². The fourth-order valence-electron chi connectivity index (χ4n) is 0.595. The second kappa shape index (κ2) is 3.79. The average molecular weight is 299 g/mol. The molecule has 0 N–H and O–H groups in total. The van der Waals surface area contributed by atoms with Crippen LogP contribution in [0.3, 0.4) is 0 Å². The van der Waals surface area contributed by atoms with Crippen LogP contribution in [0, 0.1) is 5.82 Å². The Hall–Kier alpha value is 0.278. The zero-order valence-electron chi connectivity index (χ0n) is 5.14. The summed E-state index contributed by atoms with van der Waals surface area (Å²) in [5.74, 6) is -0.509. The predicted molar refractivity (Wildman–Crippen MR) is 45.2 cm³/mol. The number of hydrogen-bond donors (Lipinski definition) is 0. The van der Waals surface area contributed by atoms with Crippen molar-refractivity contribution in [2.45, 2.75) is 0 Å².